The predicted octanol–water partition coefficient (Wildman–Crippen LogP) is 4.05. The molecule has 0 aromatic heterocycles. The lowest BCUT2D eigenvalue weighted by atomic mass is 10.1. The fourth-order valence-electron chi connectivity index (χ4n) is 1.85. The second kappa shape index (κ2) is 6.67. The lowest BCUT2D eigenvalue weighted by Crippen LogP contribution is -2.23. The molecule has 0 aliphatic carbocycles. The molecular formula is C15H12BrF2NO2. The molecule has 2 rings (SSSR count). The fraction of sp³-hybridized carbons (Fsp3) is 0.133. The maximum absolute atomic E-state index is 13.9. The Balaban J connectivity index is 2.40. The molecule has 0 amide bonds. The number of carbonyl (C=O) groups excluding carboxylic acids is 1. The summed E-state index contributed by atoms with van der Waals surface area (Å²) in [5.41, 5.74) is 0.607. The molecule has 1 unspecified atom stereocenters. The van der Waals surface area contributed by atoms with Gasteiger partial charge in [-0.15, -0.1) is 0 Å². The normalized spacial score (nSPS) is 11.8. The molecule has 2 aromatic rings. The number of hydrogen-bond donors (Lipinski definition) is 1. The van der Waals surface area contributed by atoms with E-state index in [0.29, 0.717) is 10.2 Å². The summed E-state index contributed by atoms with van der Waals surface area (Å²) in [5.74, 6) is -2.19. The SMILES string of the molecule is COC(=O)C(Nc1ccccc1Br)c1ccc(F)cc1F. The van der Waals surface area contributed by atoms with Crippen LogP contribution in [0.4, 0.5) is 14.5 Å². The minimum Gasteiger partial charge on any atom is -0.467 e. The molecule has 0 saturated carbocycles. The zero-order valence-electron chi connectivity index (χ0n) is 11.1. The van der Waals surface area contributed by atoms with E-state index in [1.165, 1.54) is 13.2 Å². The van der Waals surface area contributed by atoms with Gasteiger partial charge in [0, 0.05) is 21.8 Å². The molecule has 0 heterocycles. The summed E-state index contributed by atoms with van der Waals surface area (Å²) in [6.45, 7) is 0. The van der Waals surface area contributed by atoms with E-state index < -0.39 is 23.6 Å². The highest BCUT2D eigenvalue weighted by Gasteiger charge is 2.25. The van der Waals surface area contributed by atoms with Crippen LogP contribution in [-0.2, 0) is 9.53 Å². The number of benzene rings is 2. The molecule has 0 saturated heterocycles. The molecule has 21 heavy (non-hydrogen) atoms. The molecule has 2 aromatic carbocycles. The first-order chi connectivity index (χ1) is 10.0. The Morgan fingerprint density at radius 2 is 1.95 bits per heavy atom. The summed E-state index contributed by atoms with van der Waals surface area (Å²) in [7, 11) is 1.21. The summed E-state index contributed by atoms with van der Waals surface area (Å²) in [5, 5.41) is 2.89. The second-order valence-corrected chi connectivity index (χ2v) is 5.10. The quantitative estimate of drug-likeness (QED) is 0.840. The zero-order chi connectivity index (χ0) is 15.4. The highest BCUT2D eigenvalue weighted by molar-refractivity contribution is 9.10. The average molecular weight is 356 g/mol. The molecule has 6 heteroatoms. The van der Waals surface area contributed by atoms with E-state index in [-0.39, 0.29) is 5.56 Å². The van der Waals surface area contributed by atoms with E-state index in [4.69, 9.17) is 0 Å². The van der Waals surface area contributed by atoms with Crippen molar-refractivity contribution in [3.05, 3.63) is 64.1 Å². The lowest BCUT2D eigenvalue weighted by molar-refractivity contribution is -0.141. The van der Waals surface area contributed by atoms with Crippen molar-refractivity contribution in [2.75, 3.05) is 12.4 Å². The van der Waals surface area contributed by atoms with Gasteiger partial charge in [0.25, 0.3) is 0 Å². The van der Waals surface area contributed by atoms with Gasteiger partial charge in [-0.05, 0) is 34.1 Å². The van der Waals surface area contributed by atoms with Gasteiger partial charge in [0.1, 0.15) is 11.6 Å². The van der Waals surface area contributed by atoms with Crippen molar-refractivity contribution in [2.45, 2.75) is 6.04 Å². The number of rotatable bonds is 4. The van der Waals surface area contributed by atoms with Crippen LogP contribution in [0.5, 0.6) is 0 Å². The van der Waals surface area contributed by atoms with Gasteiger partial charge in [-0.2, -0.15) is 0 Å². The number of nitrogens with one attached hydrogen (secondary N) is 1. The average Bonchev–Trinajstić information content (AvgIpc) is 2.46. The standard InChI is InChI=1S/C15H12BrF2NO2/c1-21-15(20)14(10-7-6-9(17)8-12(10)18)19-13-5-3-2-4-11(13)16/h2-8,14,19H,1H3. The van der Waals surface area contributed by atoms with Gasteiger partial charge in [-0.1, -0.05) is 18.2 Å². The largest absolute Gasteiger partial charge is 0.467 e. The van der Waals surface area contributed by atoms with E-state index in [2.05, 4.69) is 26.0 Å². The predicted molar refractivity (Wildman–Crippen MR) is 78.9 cm³/mol. The number of anilines is 1. The molecular weight excluding hydrogens is 344 g/mol. The first-order valence-electron chi connectivity index (χ1n) is 6.06. The summed E-state index contributed by atoms with van der Waals surface area (Å²) >= 11 is 3.33. The minimum absolute atomic E-state index is 0.0130. The van der Waals surface area contributed by atoms with Crippen LogP contribution in [0.1, 0.15) is 11.6 Å². The van der Waals surface area contributed by atoms with E-state index in [0.717, 1.165) is 12.1 Å². The molecule has 3 nitrogen and oxygen atoms in total. The minimum atomic E-state index is -1.07. The third kappa shape index (κ3) is 3.58. The number of halogens is 3. The highest BCUT2D eigenvalue weighted by atomic mass is 79.9. The Morgan fingerprint density at radius 3 is 2.57 bits per heavy atom. The van der Waals surface area contributed by atoms with Crippen molar-refractivity contribution in [3.63, 3.8) is 0 Å². The Morgan fingerprint density at radius 1 is 1.24 bits per heavy atom. The molecule has 0 aliphatic heterocycles. The number of methoxy groups -OCH3 is 1. The van der Waals surface area contributed by atoms with Crippen molar-refractivity contribution >= 4 is 27.6 Å². The van der Waals surface area contributed by atoms with E-state index in [9.17, 15) is 13.6 Å². The number of esters is 1. The maximum Gasteiger partial charge on any atom is 0.333 e. The van der Waals surface area contributed by atoms with Crippen molar-refractivity contribution in [1.29, 1.82) is 0 Å². The van der Waals surface area contributed by atoms with Gasteiger partial charge in [-0.25, -0.2) is 13.6 Å². The molecule has 0 radical (unpaired) electrons. The van der Waals surface area contributed by atoms with Crippen LogP contribution in [-0.4, -0.2) is 13.1 Å². The second-order valence-electron chi connectivity index (χ2n) is 4.25. The van der Waals surface area contributed by atoms with Crippen molar-refractivity contribution < 1.29 is 18.3 Å². The van der Waals surface area contributed by atoms with E-state index in [1.54, 1.807) is 24.3 Å². The van der Waals surface area contributed by atoms with Crippen LogP contribution in [0.3, 0.4) is 0 Å². The van der Waals surface area contributed by atoms with Crippen LogP contribution < -0.4 is 5.32 Å². The van der Waals surface area contributed by atoms with Crippen LogP contribution in [0.2, 0.25) is 0 Å². The number of ether oxygens (including phenoxy) is 1. The topological polar surface area (TPSA) is 38.3 Å². The molecule has 0 fully saturated rings. The Hall–Kier alpha value is -1.95. The smallest absolute Gasteiger partial charge is 0.333 e. The number of hydrogen-bond acceptors (Lipinski definition) is 3. The Bertz CT molecular complexity index is 664. The van der Waals surface area contributed by atoms with Gasteiger partial charge >= 0.3 is 5.97 Å². The third-order valence-corrected chi connectivity index (χ3v) is 3.58. The highest BCUT2D eigenvalue weighted by Crippen LogP contribution is 2.28. The summed E-state index contributed by atoms with van der Waals surface area (Å²) in [6.07, 6.45) is 0. The molecule has 0 spiro atoms. The molecule has 0 aliphatic rings. The lowest BCUT2D eigenvalue weighted by Gasteiger charge is -2.19. The van der Waals surface area contributed by atoms with Gasteiger partial charge in [0.15, 0.2) is 6.04 Å². The van der Waals surface area contributed by atoms with Gasteiger partial charge < -0.3 is 10.1 Å². The summed E-state index contributed by atoms with van der Waals surface area (Å²) in [6, 6.07) is 9.04. The van der Waals surface area contributed by atoms with Crippen LogP contribution in [0.25, 0.3) is 0 Å². The zero-order valence-corrected chi connectivity index (χ0v) is 12.7. The van der Waals surface area contributed by atoms with Gasteiger partial charge in [0.2, 0.25) is 0 Å². The monoisotopic (exact) mass is 355 g/mol. The van der Waals surface area contributed by atoms with E-state index in [1.807, 2.05) is 0 Å². The number of para-hydroxylation sites is 1. The molecule has 1 N–H and O–H groups in total. The first-order valence-corrected chi connectivity index (χ1v) is 6.86. The first kappa shape index (κ1) is 15.4. The van der Waals surface area contributed by atoms with Crippen LogP contribution in [0, 0.1) is 11.6 Å². The number of carbonyl (C=O) groups is 1. The van der Waals surface area contributed by atoms with Gasteiger partial charge in [-0.3, -0.25) is 0 Å². The molecule has 110 valence electrons. The van der Waals surface area contributed by atoms with Crippen molar-refractivity contribution in [1.82, 2.24) is 0 Å². The van der Waals surface area contributed by atoms with Crippen molar-refractivity contribution in [3.8, 4) is 0 Å². The van der Waals surface area contributed by atoms with Gasteiger partial charge in [0.05, 0.1) is 7.11 Å². The van der Waals surface area contributed by atoms with Crippen LogP contribution >= 0.6 is 15.9 Å². The summed E-state index contributed by atoms with van der Waals surface area (Å²) < 4.78 is 32.3. The fourth-order valence-corrected chi connectivity index (χ4v) is 2.25. The summed E-state index contributed by atoms with van der Waals surface area (Å²) in [4.78, 5) is 11.9. The van der Waals surface area contributed by atoms with Crippen LogP contribution in [0.15, 0.2) is 46.9 Å². The third-order valence-electron chi connectivity index (χ3n) is 2.88. The van der Waals surface area contributed by atoms with E-state index >= 15 is 0 Å². The van der Waals surface area contributed by atoms with Crippen molar-refractivity contribution in [2.24, 2.45) is 0 Å². The Kier molecular flexibility index (Phi) is 4.90. The maximum atomic E-state index is 13.9. The molecule has 1 atom stereocenters. The Labute approximate surface area is 129 Å². The molecule has 0 bridgehead atoms.